The molecule has 0 fully saturated rings. The number of hydrogen-bond acceptors (Lipinski definition) is 2. The number of carboxylic acids is 1. The van der Waals surface area contributed by atoms with Gasteiger partial charge in [-0.1, -0.05) is 6.92 Å². The molecule has 0 rings (SSSR count). The summed E-state index contributed by atoms with van der Waals surface area (Å²) in [5, 5.41) is 15.2. The molecule has 0 aromatic carbocycles. The molecule has 3 nitrogen and oxygen atoms in total. The summed E-state index contributed by atoms with van der Waals surface area (Å²) in [6.45, 7) is 4.16. The molecule has 0 amide bonds. The van der Waals surface area contributed by atoms with Gasteiger partial charge in [0.05, 0.1) is 0 Å². The molecular weight excluding hydrogens is 131 g/mol. The van der Waals surface area contributed by atoms with Crippen molar-refractivity contribution in [1.82, 2.24) is 0 Å². The number of rotatable bonds is 1. The molecule has 4 heteroatoms. The molecule has 0 bridgehead atoms. The Labute approximate surface area is 77.4 Å². The Bertz CT molecular complexity index is 56.2. The zero-order valence-corrected chi connectivity index (χ0v) is 8.09. The Morgan fingerprint density at radius 3 is 1.78 bits per heavy atom. The van der Waals surface area contributed by atoms with Crippen molar-refractivity contribution in [2.24, 2.45) is 0 Å². The third kappa shape index (κ3) is 59.0. The van der Waals surface area contributed by atoms with Crippen molar-refractivity contribution in [2.45, 2.75) is 20.3 Å². The van der Waals surface area contributed by atoms with E-state index in [9.17, 15) is 4.79 Å². The van der Waals surface area contributed by atoms with E-state index in [1.807, 2.05) is 0 Å². The number of aliphatic hydroxyl groups is 1. The summed E-state index contributed by atoms with van der Waals surface area (Å²) in [6, 6.07) is 0. The predicted octanol–water partition coefficient (Wildman–Crippen LogP) is -1.97. The molecule has 0 aliphatic carbocycles. The second-order valence-electron chi connectivity index (χ2n) is 1.01. The molecule has 0 atom stereocenters. The van der Waals surface area contributed by atoms with E-state index in [4.69, 9.17) is 10.2 Å². The molecule has 2 N–H and O–H groups in total. The van der Waals surface area contributed by atoms with Crippen molar-refractivity contribution in [2.75, 3.05) is 0 Å². The average Bonchev–Trinajstić information content (AvgIpc) is 1.69. The minimum Gasteiger partial charge on any atom is -0.566 e. The first kappa shape index (κ1) is 16.2. The van der Waals surface area contributed by atoms with Gasteiger partial charge in [0.25, 0.3) is 0 Å². The Morgan fingerprint density at radius 1 is 1.67 bits per heavy atom. The molecule has 0 unspecified atom stereocenters. The third-order valence-corrected chi connectivity index (χ3v) is 0.302. The number of aliphatic hydroxyl groups excluding tert-OH is 1. The topological polar surface area (TPSA) is 57.5 Å². The van der Waals surface area contributed by atoms with Crippen LogP contribution in [0.25, 0.3) is 0 Å². The fraction of sp³-hybridized carbons (Fsp3) is 0.600. The van der Waals surface area contributed by atoms with Crippen LogP contribution in [0.2, 0.25) is 0 Å². The first-order valence-corrected chi connectivity index (χ1v) is 2.32. The number of carbonyl (C=O) groups is 1. The zero-order valence-electron chi connectivity index (χ0n) is 6.09. The van der Waals surface area contributed by atoms with E-state index in [1.165, 1.54) is 0 Å². The summed E-state index contributed by atoms with van der Waals surface area (Å²) in [5.41, 5.74) is 0. The first-order valence-electron chi connectivity index (χ1n) is 2.32. The van der Waals surface area contributed by atoms with Gasteiger partial charge in [-0.15, -0.1) is 0 Å². The SMILES string of the molecule is CCC(=O)O.C[CH-]O.[Na+]. The summed E-state index contributed by atoms with van der Waals surface area (Å²) in [6.07, 6.45) is 0.222. The summed E-state index contributed by atoms with van der Waals surface area (Å²) in [4.78, 5) is 9.37. The number of hydrogen-bond donors (Lipinski definition) is 2. The van der Waals surface area contributed by atoms with E-state index in [0.717, 1.165) is 6.61 Å². The largest absolute Gasteiger partial charge is 1.00 e. The Balaban J connectivity index is -0.0000000800. The van der Waals surface area contributed by atoms with Crippen molar-refractivity contribution in [3.8, 4) is 0 Å². The maximum Gasteiger partial charge on any atom is 1.00 e. The summed E-state index contributed by atoms with van der Waals surface area (Å²) < 4.78 is 0. The van der Waals surface area contributed by atoms with Gasteiger partial charge in [0, 0.05) is 6.42 Å². The zero-order chi connectivity index (χ0) is 6.99. The third-order valence-electron chi connectivity index (χ3n) is 0.302. The molecule has 0 heterocycles. The fourth-order valence-corrected chi connectivity index (χ4v) is 0. The van der Waals surface area contributed by atoms with Gasteiger partial charge in [-0.25, -0.2) is 6.61 Å². The molecule has 0 aromatic rings. The van der Waals surface area contributed by atoms with Gasteiger partial charge in [-0.3, -0.25) is 4.79 Å². The molecule has 0 saturated carbocycles. The van der Waals surface area contributed by atoms with Crippen molar-refractivity contribution in [3.63, 3.8) is 0 Å². The summed E-state index contributed by atoms with van der Waals surface area (Å²) in [7, 11) is 0. The summed E-state index contributed by atoms with van der Waals surface area (Å²) >= 11 is 0. The van der Waals surface area contributed by atoms with Crippen LogP contribution in [0.3, 0.4) is 0 Å². The minimum absolute atomic E-state index is 0. The Morgan fingerprint density at radius 2 is 1.78 bits per heavy atom. The van der Waals surface area contributed by atoms with Gasteiger partial charge in [0.2, 0.25) is 0 Å². The maximum absolute atomic E-state index is 9.37. The van der Waals surface area contributed by atoms with E-state index < -0.39 is 5.97 Å². The van der Waals surface area contributed by atoms with Crippen LogP contribution in [0.4, 0.5) is 0 Å². The van der Waals surface area contributed by atoms with Gasteiger partial charge in [-0.05, 0) is 0 Å². The second kappa shape index (κ2) is 15.8. The molecule has 0 spiro atoms. The molecule has 0 aromatic heterocycles. The predicted molar refractivity (Wildman–Crippen MR) is 29.8 cm³/mol. The number of carboxylic acid groups (broad SMARTS) is 1. The van der Waals surface area contributed by atoms with E-state index >= 15 is 0 Å². The van der Waals surface area contributed by atoms with Crippen LogP contribution < -0.4 is 29.6 Å². The standard InChI is InChI=1S/C3H6O2.C2H5O.Na/c1-2-3(4)5;1-2-3;/h2H2,1H3,(H,4,5);2-3H,1H3;/q;-1;+1. The van der Waals surface area contributed by atoms with E-state index in [-0.39, 0.29) is 36.0 Å². The van der Waals surface area contributed by atoms with Crippen LogP contribution in [0.5, 0.6) is 0 Å². The molecule has 0 saturated heterocycles. The molecule has 50 valence electrons. The van der Waals surface area contributed by atoms with Crippen LogP contribution in [0, 0.1) is 6.61 Å². The van der Waals surface area contributed by atoms with Crippen molar-refractivity contribution < 1.29 is 44.6 Å². The Kier molecular flexibility index (Phi) is 28.4. The summed E-state index contributed by atoms with van der Waals surface area (Å²) in [5.74, 6) is -0.745. The van der Waals surface area contributed by atoms with Crippen LogP contribution in [-0.2, 0) is 4.79 Å². The quantitative estimate of drug-likeness (QED) is 0.329. The second-order valence-corrected chi connectivity index (χ2v) is 1.01. The smallest absolute Gasteiger partial charge is 0.566 e. The van der Waals surface area contributed by atoms with Crippen molar-refractivity contribution in [3.05, 3.63) is 6.61 Å². The number of aliphatic carboxylic acids is 1. The van der Waals surface area contributed by atoms with Crippen molar-refractivity contribution >= 4 is 5.97 Å². The maximum atomic E-state index is 9.37. The Hall–Kier alpha value is 0.430. The van der Waals surface area contributed by atoms with Crippen LogP contribution >= 0.6 is 0 Å². The van der Waals surface area contributed by atoms with Crippen LogP contribution in [0.1, 0.15) is 20.3 Å². The van der Waals surface area contributed by atoms with Gasteiger partial charge in [0.15, 0.2) is 0 Å². The molecule has 0 aliphatic heterocycles. The van der Waals surface area contributed by atoms with Crippen LogP contribution in [0.15, 0.2) is 0 Å². The average molecular weight is 142 g/mol. The molecule has 9 heavy (non-hydrogen) atoms. The minimum atomic E-state index is -0.745. The van der Waals surface area contributed by atoms with Gasteiger partial charge in [0.1, 0.15) is 0 Å². The monoisotopic (exact) mass is 142 g/mol. The molecule has 0 aliphatic rings. The van der Waals surface area contributed by atoms with Crippen molar-refractivity contribution in [1.29, 1.82) is 0 Å². The van der Waals surface area contributed by atoms with Gasteiger partial charge >= 0.3 is 35.5 Å². The van der Waals surface area contributed by atoms with E-state index in [1.54, 1.807) is 13.8 Å². The molecule has 0 radical (unpaired) electrons. The first-order chi connectivity index (χ1) is 3.68. The van der Waals surface area contributed by atoms with Gasteiger partial charge < -0.3 is 10.2 Å². The van der Waals surface area contributed by atoms with E-state index in [2.05, 4.69) is 0 Å². The van der Waals surface area contributed by atoms with E-state index in [0.29, 0.717) is 0 Å². The molecular formula is C5H11NaO3. The van der Waals surface area contributed by atoms with Gasteiger partial charge in [-0.2, -0.15) is 6.92 Å². The fourth-order valence-electron chi connectivity index (χ4n) is 0. The van der Waals surface area contributed by atoms with Crippen LogP contribution in [-0.4, -0.2) is 16.2 Å². The normalized spacial score (nSPS) is 6.11.